The Kier molecular flexibility index (Phi) is 8.46. The molecular formula is C16H23IN4O2. The fourth-order valence-corrected chi connectivity index (χ4v) is 2.14. The zero-order valence-corrected chi connectivity index (χ0v) is 16.0. The average molecular weight is 430 g/mol. The van der Waals surface area contributed by atoms with E-state index < -0.39 is 0 Å². The first-order valence-electron chi connectivity index (χ1n) is 7.20. The summed E-state index contributed by atoms with van der Waals surface area (Å²) in [6.45, 7) is 3.41. The lowest BCUT2D eigenvalue weighted by Gasteiger charge is -2.13. The van der Waals surface area contributed by atoms with E-state index in [0.29, 0.717) is 6.54 Å². The smallest absolute Gasteiger partial charge is 0.191 e. The van der Waals surface area contributed by atoms with Crippen LogP contribution < -0.4 is 15.4 Å². The van der Waals surface area contributed by atoms with Gasteiger partial charge in [0.25, 0.3) is 0 Å². The molecule has 0 fully saturated rings. The van der Waals surface area contributed by atoms with E-state index in [2.05, 4.69) is 33.8 Å². The van der Waals surface area contributed by atoms with Crippen molar-refractivity contribution in [3.8, 4) is 5.75 Å². The Bertz CT molecular complexity index is 615. The van der Waals surface area contributed by atoms with Crippen molar-refractivity contribution in [2.24, 2.45) is 4.99 Å². The molecule has 1 aromatic heterocycles. The van der Waals surface area contributed by atoms with Crippen LogP contribution in [-0.4, -0.2) is 31.8 Å². The molecule has 0 amide bonds. The quantitative estimate of drug-likeness (QED) is 0.419. The number of rotatable bonds is 6. The fourth-order valence-electron chi connectivity index (χ4n) is 2.14. The summed E-state index contributed by atoms with van der Waals surface area (Å²) in [5.74, 6) is 1.65. The topological polar surface area (TPSA) is 71.7 Å². The van der Waals surface area contributed by atoms with Crippen LogP contribution in [-0.2, 0) is 13.0 Å². The molecule has 1 aromatic carbocycles. The highest BCUT2D eigenvalue weighted by Gasteiger charge is 2.04. The maximum atomic E-state index is 5.39. The van der Waals surface area contributed by atoms with E-state index >= 15 is 0 Å². The first-order valence-corrected chi connectivity index (χ1v) is 7.20. The van der Waals surface area contributed by atoms with E-state index in [0.717, 1.165) is 30.4 Å². The molecule has 2 aromatic rings. The number of nitrogens with zero attached hydrogens (tertiary/aromatic N) is 2. The van der Waals surface area contributed by atoms with Crippen LogP contribution in [0.15, 0.2) is 40.0 Å². The number of guanidine groups is 1. The van der Waals surface area contributed by atoms with Crippen molar-refractivity contribution < 1.29 is 9.26 Å². The molecule has 1 heterocycles. The molecule has 0 bridgehead atoms. The normalized spacial score (nSPS) is 10.8. The number of aromatic nitrogens is 1. The molecule has 0 saturated carbocycles. The molecule has 6 nitrogen and oxygen atoms in total. The van der Waals surface area contributed by atoms with Crippen LogP contribution in [0.2, 0.25) is 0 Å². The Morgan fingerprint density at radius 3 is 2.78 bits per heavy atom. The van der Waals surface area contributed by atoms with Gasteiger partial charge in [0.2, 0.25) is 0 Å². The van der Waals surface area contributed by atoms with E-state index in [1.54, 1.807) is 20.4 Å². The predicted molar refractivity (Wildman–Crippen MR) is 102 cm³/mol. The van der Waals surface area contributed by atoms with Gasteiger partial charge in [-0.05, 0) is 25.0 Å². The third-order valence-corrected chi connectivity index (χ3v) is 3.27. The summed E-state index contributed by atoms with van der Waals surface area (Å²) in [7, 11) is 3.44. The number of aryl methyl sites for hydroxylation is 1. The van der Waals surface area contributed by atoms with Crippen molar-refractivity contribution in [2.45, 2.75) is 19.9 Å². The van der Waals surface area contributed by atoms with Crippen molar-refractivity contribution in [1.29, 1.82) is 0 Å². The summed E-state index contributed by atoms with van der Waals surface area (Å²) in [4.78, 5) is 4.18. The van der Waals surface area contributed by atoms with E-state index in [9.17, 15) is 0 Å². The van der Waals surface area contributed by atoms with E-state index in [1.165, 1.54) is 11.1 Å². The van der Waals surface area contributed by atoms with Crippen LogP contribution in [0.25, 0.3) is 0 Å². The molecule has 2 rings (SSSR count). The van der Waals surface area contributed by atoms with Gasteiger partial charge in [0.15, 0.2) is 5.96 Å². The van der Waals surface area contributed by atoms with Gasteiger partial charge < -0.3 is 19.9 Å². The number of halogens is 1. The molecule has 0 atom stereocenters. The lowest BCUT2D eigenvalue weighted by atomic mass is 10.1. The molecule has 2 N–H and O–H groups in total. The van der Waals surface area contributed by atoms with Gasteiger partial charge in [-0.1, -0.05) is 22.9 Å². The summed E-state index contributed by atoms with van der Waals surface area (Å²) < 4.78 is 10.2. The SMILES string of the molecule is CN=C(NCCc1cc(C)ccc1OC)NCc1ccon1.I. The highest BCUT2D eigenvalue weighted by molar-refractivity contribution is 14.0. The van der Waals surface area contributed by atoms with Gasteiger partial charge in [0.05, 0.1) is 13.7 Å². The van der Waals surface area contributed by atoms with Gasteiger partial charge in [-0.3, -0.25) is 4.99 Å². The number of benzene rings is 1. The van der Waals surface area contributed by atoms with Gasteiger partial charge in [0, 0.05) is 19.7 Å². The first-order chi connectivity index (χ1) is 10.7. The van der Waals surface area contributed by atoms with Crippen LogP contribution in [0.3, 0.4) is 0 Å². The molecule has 7 heteroatoms. The van der Waals surface area contributed by atoms with E-state index in [4.69, 9.17) is 9.26 Å². The molecule has 0 aliphatic rings. The van der Waals surface area contributed by atoms with E-state index in [-0.39, 0.29) is 24.0 Å². The minimum Gasteiger partial charge on any atom is -0.496 e. The maximum Gasteiger partial charge on any atom is 0.191 e. The molecule has 23 heavy (non-hydrogen) atoms. The number of nitrogens with one attached hydrogen (secondary N) is 2. The standard InChI is InChI=1S/C16H22N4O2.HI/c1-12-4-5-15(21-3)13(10-12)6-8-18-16(17-2)19-11-14-7-9-22-20-14;/h4-5,7,9-10H,6,8,11H2,1-3H3,(H2,17,18,19);1H. The summed E-state index contributed by atoms with van der Waals surface area (Å²) in [5, 5.41) is 10.3. The lowest BCUT2D eigenvalue weighted by Crippen LogP contribution is -2.37. The summed E-state index contributed by atoms with van der Waals surface area (Å²) in [6.07, 6.45) is 2.41. The van der Waals surface area contributed by atoms with Crippen LogP contribution in [0.1, 0.15) is 16.8 Å². The maximum absolute atomic E-state index is 5.39. The number of methoxy groups -OCH3 is 1. The number of hydrogen-bond donors (Lipinski definition) is 2. The zero-order chi connectivity index (χ0) is 15.8. The summed E-state index contributed by atoms with van der Waals surface area (Å²) >= 11 is 0. The summed E-state index contributed by atoms with van der Waals surface area (Å²) in [6, 6.07) is 8.01. The minimum atomic E-state index is 0. The predicted octanol–water partition coefficient (Wildman–Crippen LogP) is 2.52. The highest BCUT2D eigenvalue weighted by atomic mass is 127. The van der Waals surface area contributed by atoms with Crippen molar-refractivity contribution in [1.82, 2.24) is 15.8 Å². The highest BCUT2D eigenvalue weighted by Crippen LogP contribution is 2.19. The lowest BCUT2D eigenvalue weighted by molar-refractivity contribution is 0.409. The average Bonchev–Trinajstić information content (AvgIpc) is 3.04. The second-order valence-corrected chi connectivity index (χ2v) is 4.91. The number of hydrogen-bond acceptors (Lipinski definition) is 4. The Hall–Kier alpha value is -1.77. The minimum absolute atomic E-state index is 0. The molecule has 0 aliphatic heterocycles. The Balaban J connectivity index is 0.00000264. The molecule has 0 unspecified atom stereocenters. The van der Waals surface area contributed by atoms with Gasteiger partial charge >= 0.3 is 0 Å². The van der Waals surface area contributed by atoms with Crippen molar-refractivity contribution in [3.05, 3.63) is 47.3 Å². The van der Waals surface area contributed by atoms with Crippen LogP contribution in [0.4, 0.5) is 0 Å². The second kappa shape index (κ2) is 10.1. The second-order valence-electron chi connectivity index (χ2n) is 4.91. The van der Waals surface area contributed by atoms with E-state index in [1.807, 2.05) is 18.2 Å². The van der Waals surface area contributed by atoms with Crippen LogP contribution in [0, 0.1) is 6.92 Å². The van der Waals surface area contributed by atoms with Crippen LogP contribution >= 0.6 is 24.0 Å². The largest absolute Gasteiger partial charge is 0.496 e. The summed E-state index contributed by atoms with van der Waals surface area (Å²) in [5.41, 5.74) is 3.24. The molecule has 0 saturated heterocycles. The monoisotopic (exact) mass is 430 g/mol. The Morgan fingerprint density at radius 1 is 1.30 bits per heavy atom. The van der Waals surface area contributed by atoms with Gasteiger partial charge in [0.1, 0.15) is 17.7 Å². The molecule has 0 radical (unpaired) electrons. The molecule has 0 spiro atoms. The molecular weight excluding hydrogens is 407 g/mol. The van der Waals surface area contributed by atoms with Crippen molar-refractivity contribution in [2.75, 3.05) is 20.7 Å². The molecule has 126 valence electrons. The third-order valence-electron chi connectivity index (χ3n) is 3.27. The Morgan fingerprint density at radius 2 is 2.13 bits per heavy atom. The van der Waals surface area contributed by atoms with Crippen molar-refractivity contribution in [3.63, 3.8) is 0 Å². The molecule has 0 aliphatic carbocycles. The fraction of sp³-hybridized carbons (Fsp3) is 0.375. The van der Waals surface area contributed by atoms with Crippen molar-refractivity contribution >= 4 is 29.9 Å². The van der Waals surface area contributed by atoms with Gasteiger partial charge in [-0.25, -0.2) is 0 Å². The third kappa shape index (κ3) is 6.09. The zero-order valence-electron chi connectivity index (χ0n) is 13.6. The number of ether oxygens (including phenoxy) is 1. The van der Waals surface area contributed by atoms with Crippen LogP contribution in [0.5, 0.6) is 5.75 Å². The Labute approximate surface area is 153 Å². The first kappa shape index (κ1) is 19.3. The number of aliphatic imine (C=N–C) groups is 1. The van der Waals surface area contributed by atoms with Gasteiger partial charge in [-0.2, -0.15) is 0 Å². The van der Waals surface area contributed by atoms with Gasteiger partial charge in [-0.15, -0.1) is 24.0 Å².